The number of benzene rings is 2. The highest BCUT2D eigenvalue weighted by atomic mass is 32.1. The van der Waals surface area contributed by atoms with Crippen molar-refractivity contribution in [3.8, 4) is 0 Å². The number of nitrogens with one attached hydrogen (secondary N) is 1. The largest absolute Gasteiger partial charge is 0.352 e. The predicted molar refractivity (Wildman–Crippen MR) is 104 cm³/mol. The second-order valence-corrected chi connectivity index (χ2v) is 7.08. The van der Waals surface area contributed by atoms with Gasteiger partial charge in [0.15, 0.2) is 0 Å². The third-order valence-electron chi connectivity index (χ3n) is 4.53. The van der Waals surface area contributed by atoms with Gasteiger partial charge in [-0.3, -0.25) is 0 Å². The van der Waals surface area contributed by atoms with Gasteiger partial charge >= 0.3 is 6.03 Å². The van der Waals surface area contributed by atoms with Crippen LogP contribution >= 0.6 is 11.5 Å². The molecule has 0 saturated carbocycles. The Bertz CT molecular complexity index is 882. The molecule has 3 aromatic rings. The second kappa shape index (κ2) is 6.72. The quantitative estimate of drug-likeness (QED) is 0.759. The summed E-state index contributed by atoms with van der Waals surface area (Å²) < 4.78 is 5.82. The molecule has 1 aromatic heterocycles. The summed E-state index contributed by atoms with van der Waals surface area (Å²) in [6.45, 7) is 5.03. The Morgan fingerprint density at radius 1 is 1.04 bits per heavy atom. The van der Waals surface area contributed by atoms with E-state index in [1.165, 1.54) is 27.2 Å². The lowest BCUT2D eigenvalue weighted by Crippen LogP contribution is -2.50. The van der Waals surface area contributed by atoms with Crippen molar-refractivity contribution in [2.45, 2.75) is 6.92 Å². The van der Waals surface area contributed by atoms with E-state index in [1.54, 1.807) is 0 Å². The van der Waals surface area contributed by atoms with E-state index < -0.39 is 0 Å². The minimum Gasteiger partial charge on any atom is -0.352 e. The van der Waals surface area contributed by atoms with Crippen LogP contribution in [0.25, 0.3) is 10.1 Å². The van der Waals surface area contributed by atoms with Gasteiger partial charge in [-0.25, -0.2) is 4.79 Å². The molecule has 0 radical (unpaired) electrons. The molecule has 1 fully saturated rings. The number of urea groups is 1. The van der Waals surface area contributed by atoms with Crippen LogP contribution in [-0.4, -0.2) is 41.5 Å². The van der Waals surface area contributed by atoms with E-state index in [0.29, 0.717) is 13.1 Å². The van der Waals surface area contributed by atoms with E-state index in [0.717, 1.165) is 24.6 Å². The van der Waals surface area contributed by atoms with Crippen LogP contribution in [0.3, 0.4) is 0 Å². The zero-order valence-corrected chi connectivity index (χ0v) is 14.9. The number of anilines is 2. The summed E-state index contributed by atoms with van der Waals surface area (Å²) in [6, 6.07) is 16.1. The number of aryl methyl sites for hydroxylation is 1. The van der Waals surface area contributed by atoms with Gasteiger partial charge in [-0.1, -0.05) is 29.8 Å². The van der Waals surface area contributed by atoms with Gasteiger partial charge < -0.3 is 15.1 Å². The standard InChI is InChI=1S/C19H20N4OS/c1-14-6-8-15(9-7-14)20-19(24)23-12-10-22(11-13-23)18-16-4-2-3-5-17(16)25-21-18/h2-9H,10-13H2,1H3,(H,20,24). The lowest BCUT2D eigenvalue weighted by Gasteiger charge is -2.35. The second-order valence-electron chi connectivity index (χ2n) is 6.27. The summed E-state index contributed by atoms with van der Waals surface area (Å²) in [5.41, 5.74) is 2.02. The van der Waals surface area contributed by atoms with Gasteiger partial charge in [0.2, 0.25) is 0 Å². The molecule has 1 aliphatic heterocycles. The van der Waals surface area contributed by atoms with E-state index in [1.807, 2.05) is 48.2 Å². The third-order valence-corrected chi connectivity index (χ3v) is 5.34. The maximum Gasteiger partial charge on any atom is 0.321 e. The fourth-order valence-electron chi connectivity index (χ4n) is 3.06. The topological polar surface area (TPSA) is 48.5 Å². The Labute approximate surface area is 151 Å². The Hall–Kier alpha value is -2.60. The lowest BCUT2D eigenvalue weighted by molar-refractivity contribution is 0.208. The van der Waals surface area contributed by atoms with Crippen LogP contribution < -0.4 is 10.2 Å². The first kappa shape index (κ1) is 15.9. The highest BCUT2D eigenvalue weighted by Crippen LogP contribution is 2.29. The Morgan fingerprint density at radius 2 is 1.76 bits per heavy atom. The summed E-state index contributed by atoms with van der Waals surface area (Å²) in [6.07, 6.45) is 0. The van der Waals surface area contributed by atoms with Crippen molar-refractivity contribution in [3.05, 3.63) is 54.1 Å². The molecule has 2 heterocycles. The molecule has 2 aromatic carbocycles. The molecule has 4 rings (SSSR count). The highest BCUT2D eigenvalue weighted by molar-refractivity contribution is 7.13. The number of carbonyl (C=O) groups excluding carboxylic acids is 1. The maximum absolute atomic E-state index is 12.4. The van der Waals surface area contributed by atoms with Gasteiger partial charge in [0, 0.05) is 37.3 Å². The van der Waals surface area contributed by atoms with E-state index in [-0.39, 0.29) is 6.03 Å². The average molecular weight is 352 g/mol. The van der Waals surface area contributed by atoms with Crippen molar-refractivity contribution < 1.29 is 4.79 Å². The monoisotopic (exact) mass is 352 g/mol. The van der Waals surface area contributed by atoms with Crippen molar-refractivity contribution in [2.75, 3.05) is 36.4 Å². The molecule has 0 atom stereocenters. The first-order valence-corrected chi connectivity index (χ1v) is 9.20. The molecule has 5 nitrogen and oxygen atoms in total. The zero-order chi connectivity index (χ0) is 17.2. The van der Waals surface area contributed by atoms with Crippen LogP contribution in [-0.2, 0) is 0 Å². The molecular formula is C19H20N4OS. The van der Waals surface area contributed by atoms with E-state index in [9.17, 15) is 4.79 Å². The fraction of sp³-hybridized carbons (Fsp3) is 0.263. The summed E-state index contributed by atoms with van der Waals surface area (Å²) in [7, 11) is 0. The van der Waals surface area contributed by atoms with Crippen molar-refractivity contribution >= 4 is 39.2 Å². The smallest absolute Gasteiger partial charge is 0.321 e. The van der Waals surface area contributed by atoms with Crippen LogP contribution in [0.15, 0.2) is 48.5 Å². The Kier molecular flexibility index (Phi) is 4.28. The molecule has 1 N–H and O–H groups in total. The number of nitrogens with zero attached hydrogens (tertiary/aromatic N) is 3. The number of hydrogen-bond acceptors (Lipinski definition) is 4. The van der Waals surface area contributed by atoms with Gasteiger partial charge in [0.1, 0.15) is 5.82 Å². The first-order valence-electron chi connectivity index (χ1n) is 8.43. The number of amides is 2. The Morgan fingerprint density at radius 3 is 2.52 bits per heavy atom. The number of aromatic nitrogens is 1. The van der Waals surface area contributed by atoms with Crippen LogP contribution in [0.2, 0.25) is 0 Å². The van der Waals surface area contributed by atoms with Crippen LogP contribution in [0.4, 0.5) is 16.3 Å². The summed E-state index contributed by atoms with van der Waals surface area (Å²) in [5, 5.41) is 4.17. The summed E-state index contributed by atoms with van der Waals surface area (Å²) in [5.74, 6) is 1.04. The molecule has 0 aliphatic carbocycles. The molecule has 6 heteroatoms. The van der Waals surface area contributed by atoms with Crippen LogP contribution in [0.5, 0.6) is 0 Å². The molecule has 25 heavy (non-hydrogen) atoms. The lowest BCUT2D eigenvalue weighted by atomic mass is 10.2. The van der Waals surface area contributed by atoms with Crippen LogP contribution in [0, 0.1) is 6.92 Å². The molecule has 128 valence electrons. The zero-order valence-electron chi connectivity index (χ0n) is 14.1. The first-order chi connectivity index (χ1) is 12.2. The van der Waals surface area contributed by atoms with E-state index >= 15 is 0 Å². The van der Waals surface area contributed by atoms with Crippen molar-refractivity contribution in [1.82, 2.24) is 9.27 Å². The molecular weight excluding hydrogens is 332 g/mol. The van der Waals surface area contributed by atoms with Crippen molar-refractivity contribution in [1.29, 1.82) is 0 Å². The fourth-order valence-corrected chi connectivity index (χ4v) is 3.86. The highest BCUT2D eigenvalue weighted by Gasteiger charge is 2.23. The minimum atomic E-state index is -0.0355. The number of fused-ring (bicyclic) bond motifs is 1. The molecule has 1 saturated heterocycles. The van der Waals surface area contributed by atoms with Gasteiger partial charge in [-0.2, -0.15) is 4.37 Å². The van der Waals surface area contributed by atoms with Gasteiger partial charge in [-0.15, -0.1) is 0 Å². The molecule has 1 aliphatic rings. The van der Waals surface area contributed by atoms with Crippen LogP contribution in [0.1, 0.15) is 5.56 Å². The third kappa shape index (κ3) is 3.30. The summed E-state index contributed by atoms with van der Waals surface area (Å²) in [4.78, 5) is 16.6. The molecule has 0 spiro atoms. The number of carbonyl (C=O) groups is 1. The number of piperazine rings is 1. The predicted octanol–water partition coefficient (Wildman–Crippen LogP) is 3.96. The summed E-state index contributed by atoms with van der Waals surface area (Å²) >= 11 is 1.53. The minimum absolute atomic E-state index is 0.0355. The number of rotatable bonds is 2. The number of hydrogen-bond donors (Lipinski definition) is 1. The normalized spacial score (nSPS) is 14.8. The maximum atomic E-state index is 12.4. The molecule has 0 bridgehead atoms. The molecule has 2 amide bonds. The van der Waals surface area contributed by atoms with Gasteiger partial charge in [0.05, 0.1) is 4.70 Å². The van der Waals surface area contributed by atoms with Crippen molar-refractivity contribution in [2.24, 2.45) is 0 Å². The molecule has 0 unspecified atom stereocenters. The average Bonchev–Trinajstić information content (AvgIpc) is 3.08. The van der Waals surface area contributed by atoms with Gasteiger partial charge in [0.25, 0.3) is 0 Å². The SMILES string of the molecule is Cc1ccc(NC(=O)N2CCN(c3nsc4ccccc34)CC2)cc1. The Balaban J connectivity index is 1.39. The van der Waals surface area contributed by atoms with E-state index in [4.69, 9.17) is 0 Å². The van der Waals surface area contributed by atoms with Crippen molar-refractivity contribution in [3.63, 3.8) is 0 Å². The van der Waals surface area contributed by atoms with E-state index in [2.05, 4.69) is 26.7 Å². The van der Waals surface area contributed by atoms with Gasteiger partial charge in [-0.05, 0) is 42.7 Å².